The van der Waals surface area contributed by atoms with Crippen molar-refractivity contribution in [1.29, 1.82) is 0 Å². The highest BCUT2D eigenvalue weighted by molar-refractivity contribution is 5.59. The second-order valence-corrected chi connectivity index (χ2v) is 8.90. The fourth-order valence-corrected chi connectivity index (χ4v) is 4.71. The quantitative estimate of drug-likeness (QED) is 0.387. The van der Waals surface area contributed by atoms with Crippen molar-refractivity contribution in [2.75, 3.05) is 0 Å². The van der Waals surface area contributed by atoms with Crippen molar-refractivity contribution in [2.45, 2.75) is 90.9 Å². The topological polar surface area (TPSA) is 25.8 Å². The Balaban J connectivity index is 1.51. The maximum Gasteiger partial charge on any atom is 0.132 e. The summed E-state index contributed by atoms with van der Waals surface area (Å²) in [6.07, 6.45) is 14.9. The van der Waals surface area contributed by atoms with Gasteiger partial charge in [-0.3, -0.25) is 0 Å². The van der Waals surface area contributed by atoms with Crippen molar-refractivity contribution in [1.82, 2.24) is 10.2 Å². The van der Waals surface area contributed by atoms with E-state index in [9.17, 15) is 4.39 Å². The first-order valence-electron chi connectivity index (χ1n) is 11.8. The highest BCUT2D eigenvalue weighted by atomic mass is 19.1. The monoisotopic (exact) mass is 396 g/mol. The molecule has 1 aromatic carbocycles. The van der Waals surface area contributed by atoms with E-state index in [1.54, 1.807) is 6.07 Å². The van der Waals surface area contributed by atoms with Gasteiger partial charge in [0.2, 0.25) is 0 Å². The average Bonchev–Trinajstić information content (AvgIpc) is 2.74. The molecule has 29 heavy (non-hydrogen) atoms. The van der Waals surface area contributed by atoms with Gasteiger partial charge in [0.25, 0.3) is 0 Å². The zero-order valence-corrected chi connectivity index (χ0v) is 18.3. The van der Waals surface area contributed by atoms with Crippen molar-refractivity contribution in [3.8, 4) is 11.3 Å². The second-order valence-electron chi connectivity index (χ2n) is 8.90. The van der Waals surface area contributed by atoms with Crippen molar-refractivity contribution >= 4 is 0 Å². The first-order chi connectivity index (χ1) is 14.2. The number of hydrogen-bond acceptors (Lipinski definition) is 2. The van der Waals surface area contributed by atoms with Gasteiger partial charge in [0.15, 0.2) is 0 Å². The Morgan fingerprint density at radius 1 is 0.828 bits per heavy atom. The molecule has 0 bridgehead atoms. The third-order valence-corrected chi connectivity index (χ3v) is 6.57. The van der Waals surface area contributed by atoms with Crippen LogP contribution >= 0.6 is 0 Å². The molecule has 2 nitrogen and oxygen atoms in total. The fraction of sp³-hybridized carbons (Fsp3) is 0.615. The summed E-state index contributed by atoms with van der Waals surface area (Å²) in [7, 11) is 0. The van der Waals surface area contributed by atoms with E-state index < -0.39 is 0 Å². The second kappa shape index (κ2) is 11.4. The molecule has 2 aromatic rings. The molecule has 0 radical (unpaired) electrons. The van der Waals surface area contributed by atoms with Crippen LogP contribution < -0.4 is 0 Å². The Hall–Kier alpha value is -1.77. The van der Waals surface area contributed by atoms with Gasteiger partial charge in [0.05, 0.1) is 11.4 Å². The highest BCUT2D eigenvalue weighted by Gasteiger charge is 2.20. The molecule has 1 aliphatic rings. The van der Waals surface area contributed by atoms with Gasteiger partial charge >= 0.3 is 0 Å². The van der Waals surface area contributed by atoms with Gasteiger partial charge < -0.3 is 0 Å². The molecule has 1 fully saturated rings. The average molecular weight is 397 g/mol. The molecule has 1 aromatic heterocycles. The number of rotatable bonds is 10. The minimum Gasteiger partial charge on any atom is -0.206 e. The Labute approximate surface area is 176 Å². The van der Waals surface area contributed by atoms with Crippen LogP contribution in [0.4, 0.5) is 4.39 Å². The Morgan fingerprint density at radius 2 is 1.59 bits per heavy atom. The van der Waals surface area contributed by atoms with Crippen LogP contribution in [0.2, 0.25) is 0 Å². The van der Waals surface area contributed by atoms with Gasteiger partial charge in [-0.05, 0) is 67.3 Å². The molecule has 3 heteroatoms. The molecule has 0 amide bonds. The van der Waals surface area contributed by atoms with Crippen LogP contribution in [0.3, 0.4) is 0 Å². The molecule has 0 spiro atoms. The molecule has 158 valence electrons. The molecule has 1 saturated carbocycles. The summed E-state index contributed by atoms with van der Waals surface area (Å²) in [6.45, 7) is 4.48. The Bertz CT molecular complexity index is 733. The van der Waals surface area contributed by atoms with E-state index in [4.69, 9.17) is 0 Å². The number of unbranched alkanes of at least 4 members (excludes halogenated alkanes) is 2. The zero-order chi connectivity index (χ0) is 20.5. The van der Waals surface area contributed by atoms with E-state index in [0.29, 0.717) is 11.3 Å². The van der Waals surface area contributed by atoms with Crippen LogP contribution in [0, 0.1) is 17.7 Å². The van der Waals surface area contributed by atoms with Gasteiger partial charge in [-0.25, -0.2) is 4.39 Å². The predicted molar refractivity (Wildman–Crippen MR) is 119 cm³/mol. The van der Waals surface area contributed by atoms with Gasteiger partial charge in [-0.2, -0.15) is 10.2 Å². The molecule has 0 aliphatic heterocycles. The standard InChI is InChI=1S/C26H37FN2/c1-3-5-6-8-22-14-17-24(25(27)19-22)26-18-16-23(28-29-26)15-13-21-11-9-20(7-4-2)10-12-21/h14,16-21H,3-13,15H2,1-2H3. The number of hydrogen-bond donors (Lipinski definition) is 0. The van der Waals surface area contributed by atoms with Crippen LogP contribution in [-0.4, -0.2) is 10.2 Å². The van der Waals surface area contributed by atoms with Crippen molar-refractivity contribution in [3.63, 3.8) is 0 Å². The van der Waals surface area contributed by atoms with E-state index in [1.165, 1.54) is 57.8 Å². The smallest absolute Gasteiger partial charge is 0.132 e. The number of nitrogens with zero attached hydrogens (tertiary/aromatic N) is 2. The van der Waals surface area contributed by atoms with Crippen LogP contribution in [0.1, 0.15) is 89.3 Å². The van der Waals surface area contributed by atoms with E-state index in [1.807, 2.05) is 24.3 Å². The van der Waals surface area contributed by atoms with Crippen LogP contribution in [0.15, 0.2) is 30.3 Å². The molecule has 3 rings (SSSR count). The largest absolute Gasteiger partial charge is 0.206 e. The van der Waals surface area contributed by atoms with Crippen molar-refractivity contribution in [2.24, 2.45) is 11.8 Å². The molecule has 1 heterocycles. The summed E-state index contributed by atoms with van der Waals surface area (Å²) in [6, 6.07) is 9.50. The highest BCUT2D eigenvalue weighted by Crippen LogP contribution is 2.33. The summed E-state index contributed by atoms with van der Waals surface area (Å²) in [5, 5.41) is 8.72. The maximum atomic E-state index is 14.6. The lowest BCUT2D eigenvalue weighted by Gasteiger charge is -2.28. The lowest BCUT2D eigenvalue weighted by atomic mass is 9.78. The molecule has 0 saturated heterocycles. The third-order valence-electron chi connectivity index (χ3n) is 6.57. The predicted octanol–water partition coefficient (Wildman–Crippen LogP) is 7.55. The summed E-state index contributed by atoms with van der Waals surface area (Å²) in [5.41, 5.74) is 3.28. The molecular weight excluding hydrogens is 359 g/mol. The lowest BCUT2D eigenvalue weighted by Crippen LogP contribution is -2.15. The lowest BCUT2D eigenvalue weighted by molar-refractivity contribution is 0.252. The molecule has 0 atom stereocenters. The Morgan fingerprint density at radius 3 is 2.21 bits per heavy atom. The normalized spacial score (nSPS) is 19.4. The molecule has 0 unspecified atom stereocenters. The maximum absolute atomic E-state index is 14.6. The van der Waals surface area contributed by atoms with E-state index in [-0.39, 0.29) is 5.82 Å². The zero-order valence-electron chi connectivity index (χ0n) is 18.3. The fourth-order valence-electron chi connectivity index (χ4n) is 4.71. The number of halogens is 1. The van der Waals surface area contributed by atoms with Crippen LogP contribution in [0.25, 0.3) is 11.3 Å². The summed E-state index contributed by atoms with van der Waals surface area (Å²) < 4.78 is 14.6. The molecular formula is C26H37FN2. The van der Waals surface area contributed by atoms with E-state index >= 15 is 0 Å². The summed E-state index contributed by atoms with van der Waals surface area (Å²) >= 11 is 0. The summed E-state index contributed by atoms with van der Waals surface area (Å²) in [5.74, 6) is 1.61. The number of aryl methyl sites for hydroxylation is 2. The van der Waals surface area contributed by atoms with E-state index in [2.05, 4.69) is 24.0 Å². The summed E-state index contributed by atoms with van der Waals surface area (Å²) in [4.78, 5) is 0. The SMILES string of the molecule is CCCCCc1ccc(-c2ccc(CCC3CCC(CCC)CC3)nn2)c(F)c1. The van der Waals surface area contributed by atoms with Gasteiger partial charge in [-0.15, -0.1) is 0 Å². The Kier molecular flexibility index (Phi) is 8.64. The van der Waals surface area contributed by atoms with E-state index in [0.717, 1.165) is 42.4 Å². The van der Waals surface area contributed by atoms with Crippen molar-refractivity contribution < 1.29 is 4.39 Å². The first-order valence-corrected chi connectivity index (χ1v) is 11.8. The van der Waals surface area contributed by atoms with Gasteiger partial charge in [0, 0.05) is 5.56 Å². The molecule has 1 aliphatic carbocycles. The number of benzene rings is 1. The van der Waals surface area contributed by atoms with Crippen LogP contribution in [-0.2, 0) is 12.8 Å². The number of aromatic nitrogens is 2. The van der Waals surface area contributed by atoms with Gasteiger partial charge in [-0.1, -0.05) is 71.3 Å². The third kappa shape index (κ3) is 6.62. The van der Waals surface area contributed by atoms with Gasteiger partial charge in [0.1, 0.15) is 5.82 Å². The van der Waals surface area contributed by atoms with Crippen LogP contribution in [0.5, 0.6) is 0 Å². The minimum atomic E-state index is -0.190. The molecule has 0 N–H and O–H groups in total. The first kappa shape index (κ1) is 21.9. The van der Waals surface area contributed by atoms with Crippen molar-refractivity contribution in [3.05, 3.63) is 47.4 Å². The minimum absolute atomic E-state index is 0.190.